The second-order valence-corrected chi connectivity index (χ2v) is 15.4. The van der Waals surface area contributed by atoms with E-state index >= 15 is 0 Å². The average Bonchev–Trinajstić information content (AvgIpc) is 3.96. The number of thiophene rings is 1. The summed E-state index contributed by atoms with van der Waals surface area (Å²) >= 11 is 1.81. The lowest BCUT2D eigenvalue weighted by Gasteiger charge is -2.10. The smallest absolute Gasteiger partial charge is 0.164 e. The lowest BCUT2D eigenvalue weighted by molar-refractivity contribution is 0.669. The Kier molecular flexibility index (Phi) is 7.03. The monoisotopic (exact) mass is 746 g/mol. The van der Waals surface area contributed by atoms with Crippen LogP contribution in [-0.4, -0.2) is 19.5 Å². The quantitative estimate of drug-likeness (QED) is 0.176. The van der Waals surface area contributed by atoms with E-state index in [9.17, 15) is 0 Å². The molecule has 12 aromatic rings. The standard InChI is InChI=1S/C51H30N4OS/c1-3-13-31(14-4-1)35-19-11-20-39-38-27-25-33(29-46(38)57-48(35)39)50-52-49(32-15-5-2-6-16-32)53-51(54-50)40-21-12-24-45-47(40)41-30-34(26-28-44(41)56-45)55-42-22-9-7-17-36(42)37-18-8-10-23-43(37)55/h1-30H. The normalized spacial score (nSPS) is 11.9. The highest BCUT2D eigenvalue weighted by molar-refractivity contribution is 7.26. The highest BCUT2D eigenvalue weighted by Crippen LogP contribution is 2.42. The van der Waals surface area contributed by atoms with E-state index in [2.05, 4.69) is 156 Å². The Balaban J connectivity index is 1.06. The fourth-order valence-electron chi connectivity index (χ4n) is 8.47. The van der Waals surface area contributed by atoms with Crippen LogP contribution in [0.5, 0.6) is 0 Å². The van der Waals surface area contributed by atoms with E-state index in [0.29, 0.717) is 17.5 Å². The van der Waals surface area contributed by atoms with Gasteiger partial charge in [0.2, 0.25) is 0 Å². The maximum atomic E-state index is 6.53. The summed E-state index contributed by atoms with van der Waals surface area (Å²) < 4.78 is 11.3. The van der Waals surface area contributed by atoms with Gasteiger partial charge in [-0.25, -0.2) is 15.0 Å². The van der Waals surface area contributed by atoms with Crippen LogP contribution in [0.2, 0.25) is 0 Å². The number of nitrogens with zero attached hydrogens (tertiary/aromatic N) is 4. The predicted molar refractivity (Wildman–Crippen MR) is 236 cm³/mol. The van der Waals surface area contributed by atoms with Crippen LogP contribution in [0.15, 0.2) is 186 Å². The van der Waals surface area contributed by atoms with Crippen molar-refractivity contribution in [2.24, 2.45) is 0 Å². The maximum absolute atomic E-state index is 6.53. The molecule has 0 fully saturated rings. The van der Waals surface area contributed by atoms with Gasteiger partial charge in [-0.3, -0.25) is 0 Å². The van der Waals surface area contributed by atoms with E-state index in [1.165, 1.54) is 42.1 Å². The van der Waals surface area contributed by atoms with Crippen LogP contribution < -0.4 is 0 Å². The minimum absolute atomic E-state index is 0.595. The first-order valence-corrected chi connectivity index (χ1v) is 19.8. The summed E-state index contributed by atoms with van der Waals surface area (Å²) in [5.41, 5.74) is 10.2. The summed E-state index contributed by atoms with van der Waals surface area (Å²) in [5.74, 6) is 1.84. The van der Waals surface area contributed by atoms with E-state index in [4.69, 9.17) is 19.4 Å². The molecule has 6 heteroatoms. The molecule has 4 aromatic heterocycles. The Morgan fingerprint density at radius 1 is 0.404 bits per heavy atom. The summed E-state index contributed by atoms with van der Waals surface area (Å²) in [4.78, 5) is 15.5. The van der Waals surface area contributed by atoms with E-state index < -0.39 is 0 Å². The van der Waals surface area contributed by atoms with Gasteiger partial charge in [-0.2, -0.15) is 0 Å². The van der Waals surface area contributed by atoms with Gasteiger partial charge >= 0.3 is 0 Å². The Bertz CT molecular complexity index is 3470. The summed E-state index contributed by atoms with van der Waals surface area (Å²) in [7, 11) is 0. The van der Waals surface area contributed by atoms with Gasteiger partial charge in [-0.15, -0.1) is 11.3 Å². The molecule has 0 bridgehead atoms. The summed E-state index contributed by atoms with van der Waals surface area (Å²) in [6.07, 6.45) is 0. The van der Waals surface area contributed by atoms with Crippen molar-refractivity contribution in [1.82, 2.24) is 19.5 Å². The van der Waals surface area contributed by atoms with Crippen LogP contribution in [0.1, 0.15) is 0 Å². The van der Waals surface area contributed by atoms with Gasteiger partial charge in [-0.1, -0.05) is 140 Å². The number of fused-ring (bicyclic) bond motifs is 9. The third kappa shape index (κ3) is 5.04. The summed E-state index contributed by atoms with van der Waals surface area (Å²) in [5, 5.41) is 6.90. The number of rotatable bonds is 5. The van der Waals surface area contributed by atoms with Crippen molar-refractivity contribution < 1.29 is 4.42 Å². The zero-order chi connectivity index (χ0) is 37.5. The molecular formula is C51H30N4OS. The molecule has 0 spiro atoms. The van der Waals surface area contributed by atoms with E-state index in [1.54, 1.807) is 0 Å². The van der Waals surface area contributed by atoms with Crippen molar-refractivity contribution in [2.45, 2.75) is 0 Å². The molecule has 12 rings (SSSR count). The number of furan rings is 1. The van der Waals surface area contributed by atoms with Crippen LogP contribution in [-0.2, 0) is 0 Å². The van der Waals surface area contributed by atoms with Gasteiger partial charge in [0.05, 0.1) is 11.0 Å². The molecule has 0 aliphatic heterocycles. The van der Waals surface area contributed by atoms with Crippen molar-refractivity contribution in [1.29, 1.82) is 0 Å². The molecule has 0 saturated heterocycles. The molecule has 8 aromatic carbocycles. The molecule has 0 N–H and O–H groups in total. The maximum Gasteiger partial charge on any atom is 0.164 e. The molecule has 0 unspecified atom stereocenters. The molecule has 0 aliphatic carbocycles. The molecule has 5 nitrogen and oxygen atoms in total. The number of benzene rings is 8. The van der Waals surface area contributed by atoms with Crippen LogP contribution in [0, 0.1) is 0 Å². The Labute approximate surface area is 330 Å². The molecule has 0 saturated carbocycles. The molecule has 0 amide bonds. The fraction of sp³-hybridized carbons (Fsp3) is 0. The second-order valence-electron chi connectivity index (χ2n) is 14.4. The highest BCUT2D eigenvalue weighted by atomic mass is 32.1. The molecule has 0 atom stereocenters. The molecule has 0 radical (unpaired) electrons. The summed E-state index contributed by atoms with van der Waals surface area (Å²) in [6, 6.07) is 63.7. The van der Waals surface area contributed by atoms with Crippen LogP contribution in [0.25, 0.3) is 115 Å². The molecule has 266 valence electrons. The minimum Gasteiger partial charge on any atom is -0.456 e. The highest BCUT2D eigenvalue weighted by Gasteiger charge is 2.20. The van der Waals surface area contributed by atoms with Crippen molar-refractivity contribution >= 4 is 75.3 Å². The molecule has 0 aliphatic rings. The van der Waals surface area contributed by atoms with Gasteiger partial charge in [0.25, 0.3) is 0 Å². The fourth-order valence-corrected chi connectivity index (χ4v) is 9.74. The number of hydrogen-bond acceptors (Lipinski definition) is 5. The molecule has 4 heterocycles. The Morgan fingerprint density at radius 2 is 1.04 bits per heavy atom. The second kappa shape index (κ2) is 12.6. The van der Waals surface area contributed by atoms with Gasteiger partial charge in [0.15, 0.2) is 17.5 Å². The van der Waals surface area contributed by atoms with Crippen LogP contribution in [0.4, 0.5) is 0 Å². The van der Waals surface area contributed by atoms with Crippen molar-refractivity contribution in [2.75, 3.05) is 0 Å². The first-order chi connectivity index (χ1) is 28.2. The first kappa shape index (κ1) is 31.9. The lowest BCUT2D eigenvalue weighted by Crippen LogP contribution is -2.00. The minimum atomic E-state index is 0.595. The summed E-state index contributed by atoms with van der Waals surface area (Å²) in [6.45, 7) is 0. The Hall–Kier alpha value is -7.41. The van der Waals surface area contributed by atoms with Gasteiger partial charge in [-0.05, 0) is 53.6 Å². The lowest BCUT2D eigenvalue weighted by atomic mass is 10.0. The number of hydrogen-bond donors (Lipinski definition) is 0. The molecular weight excluding hydrogens is 717 g/mol. The van der Waals surface area contributed by atoms with Gasteiger partial charge < -0.3 is 8.98 Å². The van der Waals surface area contributed by atoms with Crippen LogP contribution >= 0.6 is 11.3 Å². The average molecular weight is 747 g/mol. The van der Waals surface area contributed by atoms with Crippen molar-refractivity contribution in [3.63, 3.8) is 0 Å². The SMILES string of the molecule is c1ccc(-c2nc(-c3ccc4c(c3)sc3c(-c5ccccc5)cccc34)nc(-c3cccc4oc5ccc(-n6c7ccccc7c7ccccc76)cc5c34)n2)cc1. The topological polar surface area (TPSA) is 56.7 Å². The molecule has 57 heavy (non-hydrogen) atoms. The van der Waals surface area contributed by atoms with Crippen LogP contribution in [0.3, 0.4) is 0 Å². The first-order valence-electron chi connectivity index (χ1n) is 19.0. The number of para-hydroxylation sites is 2. The predicted octanol–water partition coefficient (Wildman–Crippen LogP) is 13.9. The van der Waals surface area contributed by atoms with E-state index in [1.807, 2.05) is 41.7 Å². The van der Waals surface area contributed by atoms with Gasteiger partial charge in [0, 0.05) is 64.1 Å². The van der Waals surface area contributed by atoms with Crippen molar-refractivity contribution in [3.8, 4) is 51.0 Å². The third-order valence-corrected chi connectivity index (χ3v) is 12.3. The zero-order valence-electron chi connectivity index (χ0n) is 30.4. The van der Waals surface area contributed by atoms with E-state index in [0.717, 1.165) is 55.3 Å². The third-order valence-electron chi connectivity index (χ3n) is 11.1. The zero-order valence-corrected chi connectivity index (χ0v) is 31.2. The van der Waals surface area contributed by atoms with E-state index in [-0.39, 0.29) is 0 Å². The van der Waals surface area contributed by atoms with Crippen molar-refractivity contribution in [3.05, 3.63) is 182 Å². The Morgan fingerprint density at radius 3 is 1.81 bits per heavy atom. The largest absolute Gasteiger partial charge is 0.456 e. The van der Waals surface area contributed by atoms with Gasteiger partial charge in [0.1, 0.15) is 11.2 Å². The number of aromatic nitrogens is 4.